The summed E-state index contributed by atoms with van der Waals surface area (Å²) in [5.41, 5.74) is 0.821. The molecule has 2 rings (SSSR count). The Morgan fingerprint density at radius 1 is 1.44 bits per heavy atom. The van der Waals surface area contributed by atoms with Gasteiger partial charge in [-0.05, 0) is 65.3 Å². The van der Waals surface area contributed by atoms with Crippen LogP contribution in [-0.4, -0.2) is 42.8 Å². The monoisotopic (exact) mass is 422 g/mol. The van der Waals surface area contributed by atoms with Gasteiger partial charge in [0.15, 0.2) is 16.7 Å². The first-order chi connectivity index (χ1) is 12.0. The van der Waals surface area contributed by atoms with Crippen molar-refractivity contribution in [3.8, 4) is 23.8 Å². The molecule has 7 heteroatoms. The van der Waals surface area contributed by atoms with E-state index in [4.69, 9.17) is 15.9 Å². The number of halogens is 1. The minimum absolute atomic E-state index is 0.0394. The number of carbonyl (C=O) groups is 1. The molecule has 1 heterocycles. The van der Waals surface area contributed by atoms with Gasteiger partial charge in [-0.3, -0.25) is 14.7 Å². The van der Waals surface area contributed by atoms with E-state index in [0.29, 0.717) is 34.0 Å². The SMILES string of the molecule is C#CCOc1c(Br)cc(/C=C2/SC(=NCC)N(CC)C2=O)cc1OC. The zero-order valence-corrected chi connectivity index (χ0v) is 16.7. The van der Waals surface area contributed by atoms with Crippen LogP contribution < -0.4 is 9.47 Å². The van der Waals surface area contributed by atoms with Crippen LogP contribution in [0, 0.1) is 12.3 Å². The van der Waals surface area contributed by atoms with E-state index < -0.39 is 0 Å². The summed E-state index contributed by atoms with van der Waals surface area (Å²) in [6.07, 6.45) is 7.06. The molecule has 1 aromatic rings. The van der Waals surface area contributed by atoms with E-state index in [9.17, 15) is 4.79 Å². The molecule has 0 N–H and O–H groups in total. The van der Waals surface area contributed by atoms with Crippen molar-refractivity contribution in [2.45, 2.75) is 13.8 Å². The third-order valence-corrected chi connectivity index (χ3v) is 4.98. The number of terminal acetylenes is 1. The summed E-state index contributed by atoms with van der Waals surface area (Å²) < 4.78 is 11.6. The lowest BCUT2D eigenvalue weighted by atomic mass is 10.2. The maximum Gasteiger partial charge on any atom is 0.266 e. The Morgan fingerprint density at radius 3 is 2.80 bits per heavy atom. The number of nitrogens with zero attached hydrogens (tertiary/aromatic N) is 2. The third kappa shape index (κ3) is 4.39. The van der Waals surface area contributed by atoms with Gasteiger partial charge in [-0.15, -0.1) is 6.42 Å². The van der Waals surface area contributed by atoms with Gasteiger partial charge in [-0.1, -0.05) is 5.92 Å². The fourth-order valence-electron chi connectivity index (χ4n) is 2.27. The van der Waals surface area contributed by atoms with Gasteiger partial charge in [0.1, 0.15) is 6.61 Å². The average molecular weight is 423 g/mol. The van der Waals surface area contributed by atoms with Crippen LogP contribution in [-0.2, 0) is 4.79 Å². The highest BCUT2D eigenvalue weighted by atomic mass is 79.9. The number of benzene rings is 1. The van der Waals surface area contributed by atoms with Crippen LogP contribution in [0.15, 0.2) is 26.5 Å². The minimum Gasteiger partial charge on any atom is -0.493 e. The Balaban J connectivity index is 2.38. The summed E-state index contributed by atoms with van der Waals surface area (Å²) in [6, 6.07) is 3.67. The molecular formula is C18H19BrN2O3S. The van der Waals surface area contributed by atoms with E-state index in [-0.39, 0.29) is 12.5 Å². The maximum atomic E-state index is 12.5. The highest BCUT2D eigenvalue weighted by molar-refractivity contribution is 9.10. The number of likely N-dealkylation sites (N-methyl/N-ethyl adjacent to an activating group) is 1. The lowest BCUT2D eigenvalue weighted by molar-refractivity contribution is -0.122. The largest absolute Gasteiger partial charge is 0.493 e. The average Bonchev–Trinajstić information content (AvgIpc) is 2.88. The van der Waals surface area contributed by atoms with Gasteiger partial charge >= 0.3 is 0 Å². The molecular weight excluding hydrogens is 404 g/mol. The Hall–Kier alpha value is -1.91. The lowest BCUT2D eigenvalue weighted by Crippen LogP contribution is -2.28. The molecule has 1 amide bonds. The van der Waals surface area contributed by atoms with Crippen molar-refractivity contribution in [1.29, 1.82) is 0 Å². The van der Waals surface area contributed by atoms with Crippen molar-refractivity contribution >= 4 is 44.8 Å². The Bertz CT molecular complexity index is 768. The van der Waals surface area contributed by atoms with Gasteiger partial charge in [-0.2, -0.15) is 0 Å². The smallest absolute Gasteiger partial charge is 0.266 e. The third-order valence-electron chi connectivity index (χ3n) is 3.35. The van der Waals surface area contributed by atoms with E-state index in [0.717, 1.165) is 10.7 Å². The van der Waals surface area contributed by atoms with Crippen LogP contribution in [0.1, 0.15) is 19.4 Å². The second kappa shape index (κ2) is 8.97. The van der Waals surface area contributed by atoms with Gasteiger partial charge in [0.25, 0.3) is 5.91 Å². The van der Waals surface area contributed by atoms with Crippen molar-refractivity contribution in [2.75, 3.05) is 26.8 Å². The van der Waals surface area contributed by atoms with Crippen LogP contribution in [0.25, 0.3) is 6.08 Å². The second-order valence-electron chi connectivity index (χ2n) is 4.94. The second-order valence-corrected chi connectivity index (χ2v) is 6.81. The number of ether oxygens (including phenoxy) is 2. The quantitative estimate of drug-likeness (QED) is 0.516. The molecule has 25 heavy (non-hydrogen) atoms. The number of amidine groups is 1. The van der Waals surface area contributed by atoms with Gasteiger partial charge < -0.3 is 9.47 Å². The Labute approximate surface area is 160 Å². The summed E-state index contributed by atoms with van der Waals surface area (Å²) in [5.74, 6) is 3.47. The number of hydrogen-bond acceptors (Lipinski definition) is 5. The summed E-state index contributed by atoms with van der Waals surface area (Å²) >= 11 is 4.85. The molecule has 1 aromatic carbocycles. The minimum atomic E-state index is -0.0394. The van der Waals surface area contributed by atoms with Crippen molar-refractivity contribution < 1.29 is 14.3 Å². The molecule has 0 saturated carbocycles. The molecule has 0 bridgehead atoms. The van der Waals surface area contributed by atoms with E-state index in [2.05, 4.69) is 26.8 Å². The Kier molecular flexibility index (Phi) is 6.97. The molecule has 0 unspecified atom stereocenters. The number of aliphatic imine (C=N–C) groups is 1. The molecule has 0 aliphatic carbocycles. The number of methoxy groups -OCH3 is 1. The summed E-state index contributed by atoms with van der Waals surface area (Å²) in [4.78, 5) is 19.2. The normalized spacial score (nSPS) is 17.2. The summed E-state index contributed by atoms with van der Waals surface area (Å²) in [6.45, 7) is 5.26. The van der Waals surface area contributed by atoms with Crippen LogP contribution in [0.4, 0.5) is 0 Å². The maximum absolute atomic E-state index is 12.5. The molecule has 132 valence electrons. The first-order valence-corrected chi connectivity index (χ1v) is 9.36. The van der Waals surface area contributed by atoms with E-state index in [1.165, 1.54) is 11.8 Å². The van der Waals surface area contributed by atoms with Crippen molar-refractivity contribution in [2.24, 2.45) is 4.99 Å². The fourth-order valence-corrected chi connectivity index (χ4v) is 3.95. The number of carbonyl (C=O) groups excluding carboxylic acids is 1. The lowest BCUT2D eigenvalue weighted by Gasteiger charge is -2.12. The molecule has 0 radical (unpaired) electrons. The standard InChI is InChI=1S/C18H19BrN2O3S/c1-5-8-24-16-13(19)9-12(10-14(16)23-4)11-15-17(22)21(7-3)18(25-15)20-6-2/h1,9-11H,6-8H2,2-4H3/b15-11+,20-18?. The molecule has 0 spiro atoms. The van der Waals surface area contributed by atoms with E-state index in [1.54, 1.807) is 12.0 Å². The van der Waals surface area contributed by atoms with Crippen LogP contribution in [0.5, 0.6) is 11.5 Å². The van der Waals surface area contributed by atoms with Crippen molar-refractivity contribution in [3.05, 3.63) is 27.1 Å². The molecule has 0 aromatic heterocycles. The van der Waals surface area contributed by atoms with Crippen molar-refractivity contribution in [1.82, 2.24) is 4.90 Å². The Morgan fingerprint density at radius 2 is 2.20 bits per heavy atom. The molecule has 1 fully saturated rings. The predicted molar refractivity (Wildman–Crippen MR) is 106 cm³/mol. The number of rotatable bonds is 6. The molecule has 1 aliphatic rings. The topological polar surface area (TPSA) is 51.1 Å². The van der Waals surface area contributed by atoms with Gasteiger partial charge in [0, 0.05) is 13.1 Å². The first-order valence-electron chi connectivity index (χ1n) is 7.75. The zero-order valence-electron chi connectivity index (χ0n) is 14.3. The molecule has 1 aliphatic heterocycles. The summed E-state index contributed by atoms with van der Waals surface area (Å²) in [7, 11) is 1.56. The van der Waals surface area contributed by atoms with Crippen molar-refractivity contribution in [3.63, 3.8) is 0 Å². The van der Waals surface area contributed by atoms with Crippen LogP contribution in [0.2, 0.25) is 0 Å². The molecule has 5 nitrogen and oxygen atoms in total. The van der Waals surface area contributed by atoms with Gasteiger partial charge in [-0.25, -0.2) is 0 Å². The number of hydrogen-bond donors (Lipinski definition) is 0. The van der Waals surface area contributed by atoms with Gasteiger partial charge in [0.2, 0.25) is 0 Å². The van der Waals surface area contributed by atoms with E-state index in [1.807, 2.05) is 32.1 Å². The van der Waals surface area contributed by atoms with E-state index >= 15 is 0 Å². The molecule has 1 saturated heterocycles. The summed E-state index contributed by atoms with van der Waals surface area (Å²) in [5, 5.41) is 0.737. The fraction of sp³-hybridized carbons (Fsp3) is 0.333. The highest BCUT2D eigenvalue weighted by Gasteiger charge is 2.31. The zero-order chi connectivity index (χ0) is 18.4. The number of thioether (sulfide) groups is 1. The van der Waals surface area contributed by atoms with Gasteiger partial charge in [0.05, 0.1) is 16.5 Å². The first kappa shape index (κ1) is 19.4. The highest BCUT2D eigenvalue weighted by Crippen LogP contribution is 2.39. The predicted octanol–water partition coefficient (Wildman–Crippen LogP) is 3.78. The molecule has 0 atom stereocenters. The van der Waals surface area contributed by atoms with Crippen LogP contribution in [0.3, 0.4) is 0 Å². The van der Waals surface area contributed by atoms with Crippen LogP contribution >= 0.6 is 27.7 Å². The number of amides is 1.